The monoisotopic (exact) mass is 636 g/mol. The Labute approximate surface area is 241 Å². The first-order valence-electron chi connectivity index (χ1n) is 12.8. The summed E-state index contributed by atoms with van der Waals surface area (Å²) in [5.74, 6) is 0. The fraction of sp³-hybridized carbons (Fsp3) is 1.00. The van der Waals surface area contributed by atoms with Crippen molar-refractivity contribution in [2.24, 2.45) is 0 Å². The lowest BCUT2D eigenvalue weighted by molar-refractivity contribution is 0.238. The molecule has 1 rings (SSSR count). The maximum Gasteiger partial charge on any atom is 0.0874 e. The normalized spacial score (nSPS) is 15.4. The van der Waals surface area contributed by atoms with Crippen molar-refractivity contribution in [3.63, 3.8) is 0 Å². The van der Waals surface area contributed by atoms with Crippen LogP contribution in [0.4, 0.5) is 0 Å². The van der Waals surface area contributed by atoms with E-state index < -0.39 is 0 Å². The molecule has 0 aliphatic heterocycles. The highest BCUT2D eigenvalue weighted by Crippen LogP contribution is 2.19. The van der Waals surface area contributed by atoms with Gasteiger partial charge in [0.05, 0.1) is 104 Å². The highest BCUT2D eigenvalue weighted by atomic mass is 28.2. The largest absolute Gasteiger partial charge is 0.361 e. The van der Waals surface area contributed by atoms with E-state index in [1.807, 2.05) is 0 Å². The molecule has 0 bridgehead atoms. The van der Waals surface area contributed by atoms with Gasteiger partial charge in [0.2, 0.25) is 0 Å². The second-order valence-electron chi connectivity index (χ2n) is 11.5. The van der Waals surface area contributed by atoms with Crippen LogP contribution in [0.15, 0.2) is 0 Å². The summed E-state index contributed by atoms with van der Waals surface area (Å²) in [7, 11) is 16.6. The van der Waals surface area contributed by atoms with Crippen LogP contribution in [-0.4, -0.2) is 169 Å². The highest BCUT2D eigenvalue weighted by Gasteiger charge is 2.13. The van der Waals surface area contributed by atoms with Gasteiger partial charge < -0.3 is 21.3 Å². The number of rotatable bonds is 4. The molecular weight excluding hydrogens is 569 g/mol. The van der Waals surface area contributed by atoms with E-state index in [1.54, 1.807) is 0 Å². The molecule has 1 aliphatic carbocycles. The summed E-state index contributed by atoms with van der Waals surface area (Å²) in [5.41, 5.74) is 0.457. The molecular formula is C17H68N6Si10. The number of nitrogens with zero attached hydrogens (tertiary/aromatic N) is 6. The van der Waals surface area contributed by atoms with Gasteiger partial charge in [0.1, 0.15) is 0 Å². The summed E-state index contributed by atoms with van der Waals surface area (Å²) < 4.78 is 12.2. The quantitative estimate of drug-likeness (QED) is 0.224. The Balaban J connectivity index is -0.000000162. The zero-order valence-corrected chi connectivity index (χ0v) is 46.6. The molecule has 1 fully saturated rings. The molecule has 0 unspecified atom stereocenters. The van der Waals surface area contributed by atoms with Crippen molar-refractivity contribution in [3.05, 3.63) is 0 Å². The van der Waals surface area contributed by atoms with E-state index in [4.69, 9.17) is 0 Å². The Hall–Kier alpha value is 1.93. The van der Waals surface area contributed by atoms with Crippen LogP contribution in [0.2, 0.25) is 0 Å². The molecule has 206 valence electrons. The first-order chi connectivity index (χ1) is 14.8. The summed E-state index contributed by atoms with van der Waals surface area (Å²) in [6.07, 6.45) is 7.46. The standard InChI is InChI=1S/C6H17NSi2.C4H15NSi2.C3H13NSi2.C2H12N2Si2.C2H11NSi2/c8-7(9)6-4-2-1-3-5-6;1-4(2,3)5(6)7;2*1-3(2)4(5)6;1-2-3(4)5/h6H,1-5H2,8-9H3;1-3,6-7H3;3H,1-2,5-6H3;1-2,5-6H3;2H2,1,4-5H3. The van der Waals surface area contributed by atoms with Gasteiger partial charge in [-0.3, -0.25) is 5.01 Å². The second-order valence-corrected chi connectivity index (χ2v) is 34.4. The van der Waals surface area contributed by atoms with Gasteiger partial charge in [-0.25, -0.2) is 0 Å². The van der Waals surface area contributed by atoms with E-state index in [1.165, 1.54) is 143 Å². The fourth-order valence-corrected chi connectivity index (χ4v) is 2.63. The fourth-order valence-electron chi connectivity index (χ4n) is 1.60. The van der Waals surface area contributed by atoms with Crippen LogP contribution in [0.3, 0.4) is 0 Å². The average Bonchev–Trinajstić information content (AvgIpc) is 2.69. The third kappa shape index (κ3) is 38.6. The van der Waals surface area contributed by atoms with Crippen LogP contribution < -0.4 is 0 Å². The van der Waals surface area contributed by atoms with Crippen molar-refractivity contribution >= 4 is 104 Å². The van der Waals surface area contributed by atoms with E-state index in [0.29, 0.717) is 5.54 Å². The summed E-state index contributed by atoms with van der Waals surface area (Å²) in [4.78, 5) is 0. The van der Waals surface area contributed by atoms with E-state index >= 15 is 0 Å². The molecule has 0 heterocycles. The van der Waals surface area contributed by atoms with Crippen LogP contribution in [-0.2, 0) is 0 Å². The lowest BCUT2D eigenvalue weighted by Gasteiger charge is -2.28. The minimum absolute atomic E-state index is 0.457. The minimum atomic E-state index is 0.457. The lowest BCUT2D eigenvalue weighted by atomic mass is 9.96. The van der Waals surface area contributed by atoms with Gasteiger partial charge in [0, 0.05) is 14.1 Å². The predicted octanol–water partition coefficient (Wildman–Crippen LogP) is -8.72. The molecule has 33 heavy (non-hydrogen) atoms. The Morgan fingerprint density at radius 2 is 1.03 bits per heavy atom. The van der Waals surface area contributed by atoms with Crippen molar-refractivity contribution in [2.45, 2.75) is 91.3 Å². The maximum atomic E-state index is 2.64. The van der Waals surface area contributed by atoms with E-state index in [-0.39, 0.29) is 0 Å². The first kappa shape index (κ1) is 42.0. The summed E-state index contributed by atoms with van der Waals surface area (Å²) in [6, 6.07) is 1.82. The van der Waals surface area contributed by atoms with E-state index in [9.17, 15) is 0 Å². The molecule has 16 heteroatoms. The Morgan fingerprint density at radius 3 is 1.12 bits per heavy atom. The minimum Gasteiger partial charge on any atom is -0.361 e. The van der Waals surface area contributed by atoms with Crippen LogP contribution in [0, 0.1) is 0 Å². The van der Waals surface area contributed by atoms with Gasteiger partial charge in [-0.2, -0.15) is 0 Å². The molecule has 1 saturated carbocycles. The number of hydrogen-bond acceptors (Lipinski definition) is 6. The van der Waals surface area contributed by atoms with Crippen molar-refractivity contribution in [1.29, 1.82) is 0 Å². The van der Waals surface area contributed by atoms with Crippen molar-refractivity contribution in [3.8, 4) is 0 Å². The van der Waals surface area contributed by atoms with Gasteiger partial charge in [0.25, 0.3) is 0 Å². The Bertz CT molecular complexity index is 367. The maximum absolute atomic E-state index is 2.64. The topological polar surface area (TPSA) is 19.4 Å². The Kier molecular flexibility index (Phi) is 32.6. The SMILES string of the molecule is CC(C)(C)N([SiH3])[SiH3].CC(C)N([SiH3])[SiH3].CCN([SiH3])[SiH3].CN(C)N([SiH3])[SiH3].[SiH3]N([SiH3])C1CCCCC1. The molecule has 0 spiro atoms. The van der Waals surface area contributed by atoms with Crippen LogP contribution in [0.5, 0.6) is 0 Å². The van der Waals surface area contributed by atoms with Gasteiger partial charge in [0.15, 0.2) is 0 Å². The average molecular weight is 638 g/mol. The van der Waals surface area contributed by atoms with Crippen LogP contribution in [0.1, 0.15) is 73.6 Å². The summed E-state index contributed by atoms with van der Waals surface area (Å²) in [6.45, 7) is 14.7. The van der Waals surface area contributed by atoms with Crippen LogP contribution in [0.25, 0.3) is 0 Å². The third-order valence-corrected chi connectivity index (χ3v) is 15.2. The molecule has 0 N–H and O–H groups in total. The molecule has 0 saturated heterocycles. The van der Waals surface area contributed by atoms with Crippen molar-refractivity contribution in [2.75, 3.05) is 20.6 Å². The van der Waals surface area contributed by atoms with Crippen molar-refractivity contribution in [1.82, 2.24) is 26.3 Å². The third-order valence-electron chi connectivity index (χ3n) is 6.11. The summed E-state index contributed by atoms with van der Waals surface area (Å²) >= 11 is 0. The van der Waals surface area contributed by atoms with E-state index in [2.05, 4.69) is 81.9 Å². The first-order valence-corrected chi connectivity index (χ1v) is 21.7. The van der Waals surface area contributed by atoms with E-state index in [0.717, 1.165) is 12.1 Å². The smallest absolute Gasteiger partial charge is 0.0874 e. The molecule has 0 atom stereocenters. The van der Waals surface area contributed by atoms with Gasteiger partial charge >= 0.3 is 0 Å². The molecule has 0 aromatic carbocycles. The molecule has 0 aromatic rings. The summed E-state index contributed by atoms with van der Waals surface area (Å²) in [5, 5.41) is 2.12. The van der Waals surface area contributed by atoms with Gasteiger partial charge in [-0.15, -0.1) is 0 Å². The molecule has 0 radical (unpaired) electrons. The van der Waals surface area contributed by atoms with Gasteiger partial charge in [-0.05, 0) is 57.8 Å². The van der Waals surface area contributed by atoms with Crippen molar-refractivity contribution < 1.29 is 0 Å². The second kappa shape index (κ2) is 25.6. The molecule has 6 nitrogen and oxygen atoms in total. The number of hydrazine groups is 1. The predicted molar refractivity (Wildman–Crippen MR) is 195 cm³/mol. The zero-order valence-electron chi connectivity index (χ0n) is 26.6. The Morgan fingerprint density at radius 1 is 0.758 bits per heavy atom. The molecule has 0 amide bonds. The van der Waals surface area contributed by atoms with Gasteiger partial charge in [-0.1, -0.05) is 40.0 Å². The molecule has 1 aliphatic rings. The zero-order chi connectivity index (χ0) is 27.4. The highest BCUT2D eigenvalue weighted by molar-refractivity contribution is 6.26. The number of hydrogen-bond donors (Lipinski definition) is 0. The van der Waals surface area contributed by atoms with Crippen LogP contribution >= 0.6 is 0 Å². The molecule has 0 aromatic heterocycles. The lowest BCUT2D eigenvalue weighted by Crippen LogP contribution is -2.36.